The van der Waals surface area contributed by atoms with Crippen LogP contribution in [0.25, 0.3) is 0 Å². The van der Waals surface area contributed by atoms with Gasteiger partial charge in [-0.25, -0.2) is 0 Å². The lowest BCUT2D eigenvalue weighted by molar-refractivity contribution is 0.148. The lowest BCUT2D eigenvalue weighted by Crippen LogP contribution is -2.31. The van der Waals surface area contributed by atoms with Gasteiger partial charge >= 0.3 is 0 Å². The lowest BCUT2D eigenvalue weighted by Gasteiger charge is -2.41. The van der Waals surface area contributed by atoms with Crippen LogP contribution >= 0.6 is 0 Å². The summed E-state index contributed by atoms with van der Waals surface area (Å²) < 4.78 is 0. The fraction of sp³-hybridized carbons (Fsp3) is 0.857. The Balaban J connectivity index is 2.05. The first-order chi connectivity index (χ1) is 6.71. The molecule has 0 aromatic carbocycles. The Morgan fingerprint density at radius 3 is 2.50 bits per heavy atom. The number of allylic oxidation sites excluding steroid dienone is 2. The molecule has 2 aliphatic carbocycles. The molecule has 2 atom stereocenters. The van der Waals surface area contributed by atoms with Crippen LogP contribution in [0.3, 0.4) is 0 Å². The van der Waals surface area contributed by atoms with Gasteiger partial charge in [0.25, 0.3) is 0 Å². The molecule has 0 unspecified atom stereocenters. The van der Waals surface area contributed by atoms with E-state index in [1.54, 1.807) is 0 Å². The largest absolute Gasteiger partial charge is 0.0877 e. The molecule has 0 aliphatic heterocycles. The summed E-state index contributed by atoms with van der Waals surface area (Å²) in [7, 11) is 0. The minimum atomic E-state index is 0.540. The summed E-state index contributed by atoms with van der Waals surface area (Å²) in [4.78, 5) is 0. The normalized spacial score (nSPS) is 40.0. The summed E-state index contributed by atoms with van der Waals surface area (Å²) in [6.07, 6.45) is 15.1. The van der Waals surface area contributed by atoms with Gasteiger partial charge in [-0.2, -0.15) is 0 Å². The quantitative estimate of drug-likeness (QED) is 0.534. The van der Waals surface area contributed by atoms with E-state index in [4.69, 9.17) is 0 Å². The SMILES string of the molecule is C[C@H]1CC=C[C@](C)(C2CCCCC2)C1. The molecule has 0 aromatic heterocycles. The van der Waals surface area contributed by atoms with Crippen molar-refractivity contribution in [3.8, 4) is 0 Å². The maximum absolute atomic E-state index is 2.53. The first-order valence-corrected chi connectivity index (χ1v) is 6.38. The molecule has 0 aromatic rings. The van der Waals surface area contributed by atoms with E-state index in [1.807, 2.05) is 0 Å². The Morgan fingerprint density at radius 1 is 1.14 bits per heavy atom. The second kappa shape index (κ2) is 4.08. The number of hydrogen-bond acceptors (Lipinski definition) is 0. The van der Waals surface area contributed by atoms with Gasteiger partial charge in [-0.1, -0.05) is 45.3 Å². The highest BCUT2D eigenvalue weighted by atomic mass is 14.4. The third-order valence-corrected chi connectivity index (χ3v) is 4.36. The monoisotopic (exact) mass is 192 g/mol. The topological polar surface area (TPSA) is 0 Å². The van der Waals surface area contributed by atoms with Crippen LogP contribution in [0.4, 0.5) is 0 Å². The predicted octanol–water partition coefficient (Wildman–Crippen LogP) is 4.56. The number of rotatable bonds is 1. The highest BCUT2D eigenvalue weighted by Gasteiger charge is 2.35. The van der Waals surface area contributed by atoms with Gasteiger partial charge < -0.3 is 0 Å². The van der Waals surface area contributed by atoms with Crippen LogP contribution in [0.15, 0.2) is 12.2 Å². The first-order valence-electron chi connectivity index (χ1n) is 6.38. The van der Waals surface area contributed by atoms with E-state index in [9.17, 15) is 0 Å². The fourth-order valence-electron chi connectivity index (χ4n) is 3.54. The zero-order valence-electron chi connectivity index (χ0n) is 9.76. The van der Waals surface area contributed by atoms with Gasteiger partial charge in [0.2, 0.25) is 0 Å². The van der Waals surface area contributed by atoms with Crippen molar-refractivity contribution in [1.82, 2.24) is 0 Å². The van der Waals surface area contributed by atoms with Crippen LogP contribution in [0.5, 0.6) is 0 Å². The third-order valence-electron chi connectivity index (χ3n) is 4.36. The van der Waals surface area contributed by atoms with E-state index in [1.165, 1.54) is 44.9 Å². The van der Waals surface area contributed by atoms with Crippen LogP contribution in [0, 0.1) is 17.3 Å². The molecule has 0 amide bonds. The van der Waals surface area contributed by atoms with Gasteiger partial charge in [-0.05, 0) is 42.9 Å². The van der Waals surface area contributed by atoms with Gasteiger partial charge in [0.05, 0.1) is 0 Å². The van der Waals surface area contributed by atoms with Crippen LogP contribution in [0.1, 0.15) is 58.8 Å². The van der Waals surface area contributed by atoms with Crippen molar-refractivity contribution >= 4 is 0 Å². The van der Waals surface area contributed by atoms with E-state index < -0.39 is 0 Å². The molecule has 0 heterocycles. The average molecular weight is 192 g/mol. The summed E-state index contributed by atoms with van der Waals surface area (Å²) in [5, 5.41) is 0. The Kier molecular flexibility index (Phi) is 2.99. The highest BCUT2D eigenvalue weighted by Crippen LogP contribution is 2.46. The molecule has 1 saturated carbocycles. The molecule has 0 heteroatoms. The Hall–Kier alpha value is -0.260. The van der Waals surface area contributed by atoms with Crippen molar-refractivity contribution in [2.24, 2.45) is 17.3 Å². The summed E-state index contributed by atoms with van der Waals surface area (Å²) in [5.41, 5.74) is 0.540. The molecular weight excluding hydrogens is 168 g/mol. The second-order valence-electron chi connectivity index (χ2n) is 5.79. The van der Waals surface area contributed by atoms with Gasteiger partial charge in [0, 0.05) is 0 Å². The van der Waals surface area contributed by atoms with E-state index in [2.05, 4.69) is 26.0 Å². The van der Waals surface area contributed by atoms with E-state index in [0.717, 1.165) is 11.8 Å². The van der Waals surface area contributed by atoms with Gasteiger partial charge in [0.1, 0.15) is 0 Å². The first kappa shape index (κ1) is 10.3. The molecule has 0 N–H and O–H groups in total. The van der Waals surface area contributed by atoms with Gasteiger partial charge in [0.15, 0.2) is 0 Å². The second-order valence-corrected chi connectivity index (χ2v) is 5.79. The average Bonchev–Trinajstić information content (AvgIpc) is 2.19. The molecule has 0 saturated heterocycles. The van der Waals surface area contributed by atoms with Crippen LogP contribution in [-0.2, 0) is 0 Å². The molecule has 14 heavy (non-hydrogen) atoms. The lowest BCUT2D eigenvalue weighted by atomic mass is 9.64. The summed E-state index contributed by atoms with van der Waals surface area (Å²) in [6.45, 7) is 4.90. The van der Waals surface area contributed by atoms with Crippen molar-refractivity contribution in [1.29, 1.82) is 0 Å². The van der Waals surface area contributed by atoms with Gasteiger partial charge in [-0.3, -0.25) is 0 Å². The molecule has 80 valence electrons. The van der Waals surface area contributed by atoms with Crippen LogP contribution < -0.4 is 0 Å². The molecule has 1 fully saturated rings. The van der Waals surface area contributed by atoms with Crippen LogP contribution in [0.2, 0.25) is 0 Å². The smallest absolute Gasteiger partial charge is 0.0116 e. The minimum Gasteiger partial charge on any atom is -0.0877 e. The third kappa shape index (κ3) is 2.04. The Labute approximate surface area is 88.8 Å². The van der Waals surface area contributed by atoms with Crippen molar-refractivity contribution < 1.29 is 0 Å². The molecule has 0 spiro atoms. The van der Waals surface area contributed by atoms with Gasteiger partial charge in [-0.15, -0.1) is 0 Å². The molecule has 0 bridgehead atoms. The molecular formula is C14H24. The highest BCUT2D eigenvalue weighted by molar-refractivity contribution is 5.06. The van der Waals surface area contributed by atoms with Crippen molar-refractivity contribution in [2.45, 2.75) is 58.8 Å². The molecule has 0 radical (unpaired) electrons. The standard InChI is InChI=1S/C14H24/c1-12-7-6-10-14(2,11-12)13-8-4-3-5-9-13/h6,10,12-13H,3-5,7-9,11H2,1-2H3/t12-,14-/m0/s1. The van der Waals surface area contributed by atoms with Crippen molar-refractivity contribution in [2.75, 3.05) is 0 Å². The predicted molar refractivity (Wildman–Crippen MR) is 62.2 cm³/mol. The zero-order valence-corrected chi connectivity index (χ0v) is 9.76. The summed E-state index contributed by atoms with van der Waals surface area (Å²) in [6, 6.07) is 0. The summed E-state index contributed by atoms with van der Waals surface area (Å²) in [5.74, 6) is 1.89. The van der Waals surface area contributed by atoms with E-state index >= 15 is 0 Å². The fourth-order valence-corrected chi connectivity index (χ4v) is 3.54. The minimum absolute atomic E-state index is 0.540. The maximum Gasteiger partial charge on any atom is -0.0116 e. The maximum atomic E-state index is 2.53. The molecule has 0 nitrogen and oxygen atoms in total. The van der Waals surface area contributed by atoms with E-state index in [-0.39, 0.29) is 0 Å². The number of hydrogen-bond donors (Lipinski definition) is 0. The van der Waals surface area contributed by atoms with E-state index in [0.29, 0.717) is 5.41 Å². The van der Waals surface area contributed by atoms with Crippen molar-refractivity contribution in [3.63, 3.8) is 0 Å². The summed E-state index contributed by atoms with van der Waals surface area (Å²) >= 11 is 0. The Morgan fingerprint density at radius 2 is 1.86 bits per heavy atom. The zero-order chi connectivity index (χ0) is 10.0. The Bertz CT molecular complexity index is 210. The molecule has 2 aliphatic rings. The van der Waals surface area contributed by atoms with Crippen LogP contribution in [-0.4, -0.2) is 0 Å². The molecule has 2 rings (SSSR count). The van der Waals surface area contributed by atoms with Crippen molar-refractivity contribution in [3.05, 3.63) is 12.2 Å².